The molecule has 0 aliphatic heterocycles. The molecule has 0 aliphatic rings. The van der Waals surface area contributed by atoms with Crippen molar-refractivity contribution in [1.29, 1.82) is 0 Å². The molecule has 0 bridgehead atoms. The van der Waals surface area contributed by atoms with Gasteiger partial charge in [0.05, 0.1) is 17.6 Å². The zero-order valence-electron chi connectivity index (χ0n) is 12.4. The number of hydrogen-bond acceptors (Lipinski definition) is 4. The molecule has 1 amide bonds. The minimum absolute atomic E-state index is 0.0651. The molecule has 0 fully saturated rings. The minimum atomic E-state index is -3.28. The first-order valence-corrected chi connectivity index (χ1v) is 8.38. The molecule has 0 unspecified atom stereocenters. The standard InChI is InChI=1S/C15H18N2O4S/c1-11-14(7-8-21-11)15(18)17-9-12-3-5-13(6-4-12)10-22(19,20)16-2/h3-8,16H,9-10H2,1-2H3,(H,17,18). The van der Waals surface area contributed by atoms with Gasteiger partial charge in [-0.05, 0) is 31.2 Å². The highest BCUT2D eigenvalue weighted by atomic mass is 32.2. The van der Waals surface area contributed by atoms with Crippen LogP contribution in [0.5, 0.6) is 0 Å². The zero-order valence-corrected chi connectivity index (χ0v) is 13.2. The molecule has 0 atom stereocenters. The fourth-order valence-electron chi connectivity index (χ4n) is 1.94. The Morgan fingerprint density at radius 2 is 1.77 bits per heavy atom. The Bertz CT molecular complexity index is 748. The van der Waals surface area contributed by atoms with Gasteiger partial charge in [0.15, 0.2) is 0 Å². The van der Waals surface area contributed by atoms with E-state index in [-0.39, 0.29) is 11.7 Å². The van der Waals surface area contributed by atoms with E-state index in [9.17, 15) is 13.2 Å². The van der Waals surface area contributed by atoms with Gasteiger partial charge in [0.25, 0.3) is 5.91 Å². The van der Waals surface area contributed by atoms with E-state index in [1.54, 1.807) is 37.3 Å². The predicted octanol–water partition coefficient (Wildman–Crippen LogP) is 1.57. The third kappa shape index (κ3) is 4.19. The van der Waals surface area contributed by atoms with Crippen LogP contribution in [0.2, 0.25) is 0 Å². The number of rotatable bonds is 6. The van der Waals surface area contributed by atoms with E-state index in [0.29, 0.717) is 23.4 Å². The number of aryl methyl sites for hydroxylation is 1. The van der Waals surface area contributed by atoms with Crippen molar-refractivity contribution in [3.8, 4) is 0 Å². The van der Waals surface area contributed by atoms with Gasteiger partial charge in [-0.3, -0.25) is 4.79 Å². The molecule has 1 aromatic carbocycles. The number of benzene rings is 1. The topological polar surface area (TPSA) is 88.4 Å². The van der Waals surface area contributed by atoms with Crippen LogP contribution in [0, 0.1) is 6.92 Å². The number of amides is 1. The number of furan rings is 1. The first kappa shape index (κ1) is 16.3. The average molecular weight is 322 g/mol. The third-order valence-corrected chi connectivity index (χ3v) is 4.58. The molecular weight excluding hydrogens is 304 g/mol. The Labute approximate surface area is 129 Å². The third-order valence-electron chi connectivity index (χ3n) is 3.25. The van der Waals surface area contributed by atoms with E-state index in [1.165, 1.54) is 13.3 Å². The maximum Gasteiger partial charge on any atom is 0.255 e. The van der Waals surface area contributed by atoms with E-state index in [2.05, 4.69) is 10.0 Å². The maximum absolute atomic E-state index is 11.9. The summed E-state index contributed by atoms with van der Waals surface area (Å²) in [5.74, 6) is 0.308. The fraction of sp³-hybridized carbons (Fsp3) is 0.267. The van der Waals surface area contributed by atoms with Crippen LogP contribution in [-0.4, -0.2) is 21.4 Å². The molecule has 118 valence electrons. The smallest absolute Gasteiger partial charge is 0.255 e. The zero-order chi connectivity index (χ0) is 16.2. The van der Waals surface area contributed by atoms with E-state index in [1.807, 2.05) is 0 Å². The van der Waals surface area contributed by atoms with Crippen molar-refractivity contribution in [3.63, 3.8) is 0 Å². The van der Waals surface area contributed by atoms with Gasteiger partial charge in [0.1, 0.15) is 5.76 Å². The van der Waals surface area contributed by atoms with Crippen molar-refractivity contribution >= 4 is 15.9 Å². The summed E-state index contributed by atoms with van der Waals surface area (Å²) in [5.41, 5.74) is 2.09. The molecule has 22 heavy (non-hydrogen) atoms. The quantitative estimate of drug-likeness (QED) is 0.845. The second kappa shape index (κ2) is 6.76. The average Bonchev–Trinajstić information content (AvgIpc) is 2.92. The van der Waals surface area contributed by atoms with Gasteiger partial charge in [-0.2, -0.15) is 0 Å². The molecule has 7 heteroatoms. The molecule has 1 aromatic heterocycles. The van der Waals surface area contributed by atoms with E-state index < -0.39 is 10.0 Å². The van der Waals surface area contributed by atoms with E-state index in [0.717, 1.165) is 5.56 Å². The Hall–Kier alpha value is -2.12. The van der Waals surface area contributed by atoms with Crippen LogP contribution in [0.25, 0.3) is 0 Å². The summed E-state index contributed by atoms with van der Waals surface area (Å²) in [5, 5.41) is 2.79. The Morgan fingerprint density at radius 3 is 2.32 bits per heavy atom. The summed E-state index contributed by atoms with van der Waals surface area (Å²) < 4.78 is 30.3. The summed E-state index contributed by atoms with van der Waals surface area (Å²) >= 11 is 0. The SMILES string of the molecule is CNS(=O)(=O)Cc1ccc(CNC(=O)c2ccoc2C)cc1. The normalized spacial score (nSPS) is 11.4. The summed E-state index contributed by atoms with van der Waals surface area (Å²) in [6.07, 6.45) is 1.47. The Kier molecular flexibility index (Phi) is 4.99. The number of hydrogen-bond donors (Lipinski definition) is 2. The first-order valence-electron chi connectivity index (χ1n) is 6.72. The molecule has 2 N–H and O–H groups in total. The first-order chi connectivity index (χ1) is 10.4. The number of sulfonamides is 1. The van der Waals surface area contributed by atoms with Crippen molar-refractivity contribution in [3.05, 3.63) is 59.0 Å². The van der Waals surface area contributed by atoms with Crippen LogP contribution in [0.1, 0.15) is 27.2 Å². The van der Waals surface area contributed by atoms with Crippen molar-refractivity contribution in [2.75, 3.05) is 7.05 Å². The minimum Gasteiger partial charge on any atom is -0.469 e. The summed E-state index contributed by atoms with van der Waals surface area (Å²) in [6.45, 7) is 2.09. The second-order valence-electron chi connectivity index (χ2n) is 4.85. The molecule has 0 saturated carbocycles. The number of nitrogens with one attached hydrogen (secondary N) is 2. The van der Waals surface area contributed by atoms with Gasteiger partial charge < -0.3 is 9.73 Å². The predicted molar refractivity (Wildman–Crippen MR) is 82.7 cm³/mol. The second-order valence-corrected chi connectivity index (χ2v) is 6.78. The van der Waals surface area contributed by atoms with Crippen molar-refractivity contribution in [1.82, 2.24) is 10.0 Å². The lowest BCUT2D eigenvalue weighted by molar-refractivity contribution is 0.0949. The molecular formula is C15H18N2O4S. The molecule has 0 spiro atoms. The molecule has 6 nitrogen and oxygen atoms in total. The lowest BCUT2D eigenvalue weighted by Crippen LogP contribution is -2.23. The largest absolute Gasteiger partial charge is 0.469 e. The molecule has 2 aromatic rings. The van der Waals surface area contributed by atoms with Crippen molar-refractivity contribution in [2.45, 2.75) is 19.2 Å². The highest BCUT2D eigenvalue weighted by molar-refractivity contribution is 7.88. The lowest BCUT2D eigenvalue weighted by Gasteiger charge is -2.06. The van der Waals surface area contributed by atoms with Crippen molar-refractivity contribution in [2.24, 2.45) is 0 Å². The lowest BCUT2D eigenvalue weighted by atomic mass is 10.1. The van der Waals surface area contributed by atoms with Gasteiger partial charge in [-0.15, -0.1) is 0 Å². The highest BCUT2D eigenvalue weighted by Gasteiger charge is 2.11. The molecule has 1 heterocycles. The van der Waals surface area contributed by atoms with Crippen LogP contribution >= 0.6 is 0 Å². The van der Waals surface area contributed by atoms with Gasteiger partial charge in [-0.1, -0.05) is 24.3 Å². The molecule has 0 aliphatic carbocycles. The van der Waals surface area contributed by atoms with Crippen LogP contribution in [0.3, 0.4) is 0 Å². The summed E-state index contributed by atoms with van der Waals surface area (Å²) in [4.78, 5) is 11.9. The van der Waals surface area contributed by atoms with Crippen LogP contribution in [0.4, 0.5) is 0 Å². The number of carbonyl (C=O) groups is 1. The van der Waals surface area contributed by atoms with Gasteiger partial charge in [0.2, 0.25) is 10.0 Å². The Morgan fingerprint density at radius 1 is 1.14 bits per heavy atom. The van der Waals surface area contributed by atoms with Gasteiger partial charge in [0, 0.05) is 6.54 Å². The van der Waals surface area contributed by atoms with E-state index in [4.69, 9.17) is 4.42 Å². The monoisotopic (exact) mass is 322 g/mol. The van der Waals surface area contributed by atoms with Gasteiger partial charge >= 0.3 is 0 Å². The van der Waals surface area contributed by atoms with Crippen LogP contribution in [0.15, 0.2) is 41.0 Å². The fourth-order valence-corrected chi connectivity index (χ4v) is 2.72. The summed E-state index contributed by atoms with van der Waals surface area (Å²) in [6, 6.07) is 8.68. The highest BCUT2D eigenvalue weighted by Crippen LogP contribution is 2.10. The summed E-state index contributed by atoms with van der Waals surface area (Å²) in [7, 11) is -1.89. The van der Waals surface area contributed by atoms with Crippen LogP contribution < -0.4 is 10.0 Å². The molecule has 2 rings (SSSR count). The Balaban J connectivity index is 1.95. The van der Waals surface area contributed by atoms with E-state index >= 15 is 0 Å². The van der Waals surface area contributed by atoms with Crippen LogP contribution in [-0.2, 0) is 22.3 Å². The maximum atomic E-state index is 11.9. The molecule has 0 saturated heterocycles. The number of carbonyl (C=O) groups excluding carboxylic acids is 1. The molecule has 0 radical (unpaired) electrons. The van der Waals surface area contributed by atoms with Gasteiger partial charge in [-0.25, -0.2) is 13.1 Å². The van der Waals surface area contributed by atoms with Crippen molar-refractivity contribution < 1.29 is 17.6 Å².